The number of rotatable bonds is 0. The van der Waals surface area contributed by atoms with Crippen LogP contribution in [0.4, 0.5) is 0 Å². The van der Waals surface area contributed by atoms with Crippen LogP contribution < -0.4 is 0 Å². The van der Waals surface area contributed by atoms with E-state index in [1.807, 2.05) is 13.8 Å². The van der Waals surface area contributed by atoms with Gasteiger partial charge in [-0.3, -0.25) is 0 Å². The van der Waals surface area contributed by atoms with E-state index in [1.54, 1.807) is 0 Å². The van der Waals surface area contributed by atoms with Gasteiger partial charge in [0.15, 0.2) is 0 Å². The van der Waals surface area contributed by atoms with Crippen molar-refractivity contribution in [3.8, 4) is 0 Å². The molecule has 0 aromatic rings. The monoisotopic (exact) mass is 160 g/mol. The van der Waals surface area contributed by atoms with E-state index >= 15 is 0 Å². The minimum absolute atomic E-state index is 0. The van der Waals surface area contributed by atoms with Gasteiger partial charge in [0.05, 0.1) is 0 Å². The summed E-state index contributed by atoms with van der Waals surface area (Å²) in [6.07, 6.45) is 0. The first-order chi connectivity index (χ1) is 1.73. The standard InChI is InChI=1S/C4H8.CH3.Y/c1-4(2)3;;/h1H2,2-3H3;1H3;/q;-1;. The SMILES string of the molecule is [CH2-][C+](C)C.[CH3-].[Y]. The fourth-order valence-electron chi connectivity index (χ4n) is 0. The van der Waals surface area contributed by atoms with Crippen molar-refractivity contribution in [1.82, 2.24) is 0 Å². The molecule has 0 aromatic carbocycles. The summed E-state index contributed by atoms with van der Waals surface area (Å²) in [5, 5.41) is 0. The van der Waals surface area contributed by atoms with Gasteiger partial charge in [-0.05, 0) is 0 Å². The Morgan fingerprint density at radius 1 is 1.33 bits per heavy atom. The fraction of sp³-hybridized carbons (Fsp3) is 0.400. The van der Waals surface area contributed by atoms with Gasteiger partial charge in [0.2, 0.25) is 0 Å². The molecule has 0 aliphatic carbocycles. The Bertz CT molecular complexity index is 8.66. The molecule has 0 N–H and O–H groups in total. The first-order valence-electron chi connectivity index (χ1n) is 1.35. The molecular formula is C5H11Y-. The Morgan fingerprint density at radius 2 is 1.33 bits per heavy atom. The summed E-state index contributed by atoms with van der Waals surface area (Å²) >= 11 is 0. The molecule has 0 heterocycles. The van der Waals surface area contributed by atoms with Crippen molar-refractivity contribution in [2.24, 2.45) is 0 Å². The average molecular weight is 160 g/mol. The summed E-state index contributed by atoms with van der Waals surface area (Å²) in [7, 11) is 0. The van der Waals surface area contributed by atoms with E-state index in [0.29, 0.717) is 0 Å². The molecular weight excluding hydrogens is 149 g/mol. The Balaban J connectivity index is -0.0000000450. The van der Waals surface area contributed by atoms with E-state index in [4.69, 9.17) is 0 Å². The van der Waals surface area contributed by atoms with Gasteiger partial charge in [-0.1, -0.05) is 5.92 Å². The predicted octanol–water partition coefficient (Wildman–Crippen LogP) is 1.88. The summed E-state index contributed by atoms with van der Waals surface area (Å²) in [6, 6.07) is 0. The number of hydrogen-bond acceptors (Lipinski definition) is 0. The van der Waals surface area contributed by atoms with Crippen molar-refractivity contribution in [3.63, 3.8) is 0 Å². The van der Waals surface area contributed by atoms with Crippen LogP contribution >= 0.6 is 0 Å². The van der Waals surface area contributed by atoms with Gasteiger partial charge in [0.1, 0.15) is 0 Å². The number of hydrogen-bond donors (Lipinski definition) is 0. The molecule has 0 saturated heterocycles. The quantitative estimate of drug-likeness (QED) is 0.474. The van der Waals surface area contributed by atoms with Crippen LogP contribution in [0.5, 0.6) is 0 Å². The van der Waals surface area contributed by atoms with E-state index in [2.05, 4.69) is 6.92 Å². The summed E-state index contributed by atoms with van der Waals surface area (Å²) in [4.78, 5) is 0. The van der Waals surface area contributed by atoms with Gasteiger partial charge in [0, 0.05) is 46.6 Å². The minimum Gasteiger partial charge on any atom is -0.358 e. The molecule has 6 heavy (non-hydrogen) atoms. The summed E-state index contributed by atoms with van der Waals surface area (Å²) < 4.78 is 0. The van der Waals surface area contributed by atoms with Gasteiger partial charge in [-0.15, -0.1) is 6.92 Å². The molecule has 0 rings (SSSR count). The smallest absolute Gasteiger partial charge is 0.0484 e. The van der Waals surface area contributed by atoms with Crippen molar-refractivity contribution in [1.29, 1.82) is 0 Å². The molecule has 0 unspecified atom stereocenters. The van der Waals surface area contributed by atoms with Crippen molar-refractivity contribution < 1.29 is 32.7 Å². The topological polar surface area (TPSA) is 0 Å². The predicted molar refractivity (Wildman–Crippen MR) is 26.4 cm³/mol. The maximum atomic E-state index is 3.56. The van der Waals surface area contributed by atoms with E-state index in [0.717, 1.165) is 0 Å². The first kappa shape index (κ1) is 15.8. The second-order valence-corrected chi connectivity index (χ2v) is 1.21. The second kappa shape index (κ2) is 9.36. The first-order valence-corrected chi connectivity index (χ1v) is 1.35. The van der Waals surface area contributed by atoms with Crippen molar-refractivity contribution in [3.05, 3.63) is 20.3 Å². The molecule has 0 saturated carbocycles. The zero-order valence-electron chi connectivity index (χ0n) is 4.78. The van der Waals surface area contributed by atoms with Crippen molar-refractivity contribution in [2.75, 3.05) is 0 Å². The van der Waals surface area contributed by atoms with Crippen LogP contribution in [0, 0.1) is 20.3 Å². The Kier molecular flexibility index (Phi) is 24.6. The Labute approximate surface area is 66.6 Å². The molecule has 0 fully saturated rings. The van der Waals surface area contributed by atoms with E-state index in [9.17, 15) is 0 Å². The third kappa shape index (κ3) is 82.8. The van der Waals surface area contributed by atoms with Gasteiger partial charge < -0.3 is 7.43 Å². The van der Waals surface area contributed by atoms with E-state index in [-0.39, 0.29) is 40.1 Å². The maximum Gasteiger partial charge on any atom is 0.0484 e. The van der Waals surface area contributed by atoms with Crippen LogP contribution in [0.25, 0.3) is 0 Å². The van der Waals surface area contributed by atoms with Gasteiger partial charge >= 0.3 is 0 Å². The van der Waals surface area contributed by atoms with Crippen LogP contribution in [-0.4, -0.2) is 0 Å². The molecule has 35 valence electrons. The van der Waals surface area contributed by atoms with Crippen LogP contribution in [0.2, 0.25) is 0 Å². The molecule has 0 aliphatic rings. The second-order valence-electron chi connectivity index (χ2n) is 1.21. The van der Waals surface area contributed by atoms with Crippen molar-refractivity contribution in [2.45, 2.75) is 13.8 Å². The molecule has 0 aromatic heterocycles. The molecule has 0 bridgehead atoms. The van der Waals surface area contributed by atoms with E-state index in [1.165, 1.54) is 5.92 Å². The van der Waals surface area contributed by atoms with Crippen LogP contribution in [0.3, 0.4) is 0 Å². The summed E-state index contributed by atoms with van der Waals surface area (Å²) in [6.45, 7) is 7.50. The summed E-state index contributed by atoms with van der Waals surface area (Å²) in [5.74, 6) is 1.17. The Morgan fingerprint density at radius 3 is 1.33 bits per heavy atom. The van der Waals surface area contributed by atoms with Gasteiger partial charge in [0.25, 0.3) is 0 Å². The maximum absolute atomic E-state index is 3.56. The van der Waals surface area contributed by atoms with Gasteiger partial charge in [-0.25, -0.2) is 0 Å². The van der Waals surface area contributed by atoms with Gasteiger partial charge in [-0.2, -0.15) is 0 Å². The third-order valence-corrected chi connectivity index (χ3v) is 0. The normalized spacial score (nSPS) is 4.50. The summed E-state index contributed by atoms with van der Waals surface area (Å²) in [5.41, 5.74) is 0. The molecule has 0 spiro atoms. The molecule has 0 aliphatic heterocycles. The largest absolute Gasteiger partial charge is 0.358 e. The molecule has 1 heteroatoms. The fourth-order valence-corrected chi connectivity index (χ4v) is 0. The minimum atomic E-state index is 0. The van der Waals surface area contributed by atoms with Crippen molar-refractivity contribution >= 4 is 0 Å². The zero-order chi connectivity index (χ0) is 3.58. The van der Waals surface area contributed by atoms with E-state index < -0.39 is 0 Å². The third-order valence-electron chi connectivity index (χ3n) is 0. The van der Waals surface area contributed by atoms with Crippen LogP contribution in [-0.2, 0) is 32.7 Å². The zero-order valence-corrected chi connectivity index (χ0v) is 7.62. The molecule has 0 nitrogen and oxygen atoms in total. The average Bonchev–Trinajstić information content (AvgIpc) is 0.811. The molecule has 1 radical (unpaired) electrons. The van der Waals surface area contributed by atoms with Crippen LogP contribution in [0.1, 0.15) is 13.8 Å². The molecule has 0 amide bonds. The van der Waals surface area contributed by atoms with Crippen LogP contribution in [0.15, 0.2) is 0 Å². The molecule has 0 atom stereocenters. The Hall–Kier alpha value is 0.974.